The first-order valence-corrected chi connectivity index (χ1v) is 10.0. The molecule has 0 amide bonds. The van der Waals surface area contributed by atoms with Crippen LogP contribution in [0.25, 0.3) is 22.0 Å². The molecule has 0 unspecified atom stereocenters. The summed E-state index contributed by atoms with van der Waals surface area (Å²) in [5.41, 5.74) is 3.96. The highest BCUT2D eigenvalue weighted by atomic mass is 16.5. The monoisotopic (exact) mass is 399 g/mol. The van der Waals surface area contributed by atoms with E-state index in [1.165, 1.54) is 0 Å². The van der Waals surface area contributed by atoms with E-state index >= 15 is 0 Å². The van der Waals surface area contributed by atoms with E-state index in [9.17, 15) is 0 Å². The highest BCUT2D eigenvalue weighted by Crippen LogP contribution is 2.35. The first-order chi connectivity index (χ1) is 14.6. The van der Waals surface area contributed by atoms with Crippen LogP contribution in [0.3, 0.4) is 0 Å². The molecular formula is C25H25N3O2. The fourth-order valence-electron chi connectivity index (χ4n) is 3.28. The molecule has 0 atom stereocenters. The molecule has 1 heterocycles. The minimum atomic E-state index is 0.266. The molecule has 5 nitrogen and oxygen atoms in total. The van der Waals surface area contributed by atoms with E-state index in [0.717, 1.165) is 39.1 Å². The molecule has 0 aliphatic heterocycles. The number of rotatable bonds is 7. The van der Waals surface area contributed by atoms with E-state index in [1.807, 2.05) is 48.7 Å². The molecule has 4 aromatic rings. The van der Waals surface area contributed by atoms with Crippen LogP contribution in [0, 0.1) is 0 Å². The third-order valence-electron chi connectivity index (χ3n) is 4.71. The summed E-state index contributed by atoms with van der Waals surface area (Å²) < 4.78 is 11.7. The van der Waals surface area contributed by atoms with E-state index in [0.29, 0.717) is 12.6 Å². The van der Waals surface area contributed by atoms with Crippen molar-refractivity contribution in [1.29, 1.82) is 0 Å². The summed E-state index contributed by atoms with van der Waals surface area (Å²) in [6, 6.07) is 22.5. The van der Waals surface area contributed by atoms with Crippen LogP contribution in [0.2, 0.25) is 0 Å². The summed E-state index contributed by atoms with van der Waals surface area (Å²) >= 11 is 0. The van der Waals surface area contributed by atoms with Gasteiger partial charge in [-0.05, 0) is 43.2 Å². The molecular weight excluding hydrogens is 374 g/mol. The molecule has 30 heavy (non-hydrogen) atoms. The number of aromatic nitrogens is 2. The maximum absolute atomic E-state index is 5.99. The summed E-state index contributed by atoms with van der Waals surface area (Å²) in [6.45, 7) is 4.65. The Morgan fingerprint density at radius 1 is 0.967 bits per heavy atom. The predicted molar refractivity (Wildman–Crippen MR) is 121 cm³/mol. The first kappa shape index (κ1) is 19.7. The van der Waals surface area contributed by atoms with Gasteiger partial charge in [0.25, 0.3) is 0 Å². The molecule has 0 saturated heterocycles. The minimum Gasteiger partial charge on any atom is -0.496 e. The van der Waals surface area contributed by atoms with Crippen LogP contribution in [-0.4, -0.2) is 23.1 Å². The van der Waals surface area contributed by atoms with Gasteiger partial charge in [0.05, 0.1) is 12.6 Å². The zero-order valence-electron chi connectivity index (χ0n) is 17.4. The Labute approximate surface area is 176 Å². The number of benzene rings is 3. The highest BCUT2D eigenvalue weighted by molar-refractivity contribution is 5.88. The number of fused-ring (bicyclic) bond motifs is 1. The quantitative estimate of drug-likeness (QED) is 0.432. The summed E-state index contributed by atoms with van der Waals surface area (Å²) in [4.78, 5) is 9.04. The van der Waals surface area contributed by atoms with Crippen LogP contribution in [0.1, 0.15) is 19.4 Å². The van der Waals surface area contributed by atoms with Crippen LogP contribution in [0.5, 0.6) is 11.5 Å². The molecule has 0 radical (unpaired) electrons. The molecule has 4 rings (SSSR count). The zero-order chi connectivity index (χ0) is 20.9. The molecule has 152 valence electrons. The normalized spacial score (nSPS) is 10.9. The largest absolute Gasteiger partial charge is 0.496 e. The molecule has 0 aliphatic rings. The second kappa shape index (κ2) is 8.82. The van der Waals surface area contributed by atoms with Crippen molar-refractivity contribution in [1.82, 2.24) is 9.97 Å². The average molecular weight is 399 g/mol. The number of hydrogen-bond donors (Lipinski definition) is 1. The van der Waals surface area contributed by atoms with Gasteiger partial charge in [0.15, 0.2) is 0 Å². The van der Waals surface area contributed by atoms with Crippen molar-refractivity contribution in [2.75, 3.05) is 12.4 Å². The Bertz CT molecular complexity index is 1140. The number of nitrogens with one attached hydrogen (secondary N) is 1. The van der Waals surface area contributed by atoms with E-state index < -0.39 is 0 Å². The molecule has 0 aliphatic carbocycles. The third-order valence-corrected chi connectivity index (χ3v) is 4.71. The first-order valence-electron chi connectivity index (χ1n) is 10.0. The lowest BCUT2D eigenvalue weighted by Crippen LogP contribution is -2.12. The molecule has 5 heteroatoms. The summed E-state index contributed by atoms with van der Waals surface area (Å²) in [5, 5.41) is 4.19. The van der Waals surface area contributed by atoms with Gasteiger partial charge < -0.3 is 14.8 Å². The van der Waals surface area contributed by atoms with Gasteiger partial charge in [0.1, 0.15) is 18.1 Å². The Morgan fingerprint density at radius 2 is 1.80 bits per heavy atom. The number of ether oxygens (including phenoxy) is 2. The van der Waals surface area contributed by atoms with Gasteiger partial charge >= 0.3 is 0 Å². The third kappa shape index (κ3) is 4.51. The van der Waals surface area contributed by atoms with Crippen LogP contribution >= 0.6 is 0 Å². The molecule has 0 spiro atoms. The maximum atomic E-state index is 5.99. The summed E-state index contributed by atoms with van der Waals surface area (Å²) in [7, 11) is 1.68. The van der Waals surface area contributed by atoms with Crippen molar-refractivity contribution in [3.8, 4) is 22.6 Å². The number of anilines is 1. The van der Waals surface area contributed by atoms with Gasteiger partial charge in [-0.15, -0.1) is 0 Å². The maximum Gasteiger partial charge on any atom is 0.223 e. The Kier molecular flexibility index (Phi) is 5.80. The van der Waals surface area contributed by atoms with Crippen molar-refractivity contribution in [2.45, 2.75) is 26.5 Å². The topological polar surface area (TPSA) is 56.3 Å². The lowest BCUT2D eigenvalue weighted by molar-refractivity contribution is 0.306. The van der Waals surface area contributed by atoms with E-state index in [2.05, 4.69) is 53.4 Å². The van der Waals surface area contributed by atoms with Gasteiger partial charge in [-0.1, -0.05) is 42.5 Å². The minimum absolute atomic E-state index is 0.266. The Hall–Kier alpha value is -3.60. The average Bonchev–Trinajstić information content (AvgIpc) is 2.77. The SMILES string of the molecule is COc1cc2nc(NC(C)C)ncc2cc1-c1cccc(OCc2ccccc2)c1. The number of methoxy groups -OCH3 is 1. The fraction of sp³-hybridized carbons (Fsp3) is 0.200. The predicted octanol–water partition coefficient (Wildman–Crippen LogP) is 5.70. The van der Waals surface area contributed by atoms with Crippen molar-refractivity contribution in [3.63, 3.8) is 0 Å². The van der Waals surface area contributed by atoms with Gasteiger partial charge in [-0.3, -0.25) is 0 Å². The molecule has 1 aromatic heterocycles. The van der Waals surface area contributed by atoms with Crippen molar-refractivity contribution in [2.24, 2.45) is 0 Å². The van der Waals surface area contributed by atoms with E-state index in [1.54, 1.807) is 7.11 Å². The van der Waals surface area contributed by atoms with Gasteiger partial charge in [0.2, 0.25) is 5.95 Å². The molecule has 0 fully saturated rings. The van der Waals surface area contributed by atoms with Gasteiger partial charge in [-0.25, -0.2) is 9.97 Å². The van der Waals surface area contributed by atoms with Crippen LogP contribution in [0.4, 0.5) is 5.95 Å². The van der Waals surface area contributed by atoms with Crippen LogP contribution < -0.4 is 14.8 Å². The van der Waals surface area contributed by atoms with Crippen molar-refractivity contribution >= 4 is 16.9 Å². The number of hydrogen-bond acceptors (Lipinski definition) is 5. The van der Waals surface area contributed by atoms with E-state index in [-0.39, 0.29) is 6.04 Å². The molecule has 0 bridgehead atoms. The standard InChI is InChI=1S/C25H25N3O2/c1-17(2)27-25-26-15-20-13-22(24(29-3)14-23(20)28-25)19-10-7-11-21(12-19)30-16-18-8-5-4-6-9-18/h4-15,17H,16H2,1-3H3,(H,26,27,28). The van der Waals surface area contributed by atoms with E-state index in [4.69, 9.17) is 9.47 Å². The second-order valence-corrected chi connectivity index (χ2v) is 7.41. The lowest BCUT2D eigenvalue weighted by Gasteiger charge is -2.13. The van der Waals surface area contributed by atoms with Crippen LogP contribution in [-0.2, 0) is 6.61 Å². The Morgan fingerprint density at radius 3 is 2.57 bits per heavy atom. The lowest BCUT2D eigenvalue weighted by atomic mass is 10.0. The summed E-state index contributed by atoms with van der Waals surface area (Å²) in [5.74, 6) is 2.19. The van der Waals surface area contributed by atoms with Crippen molar-refractivity contribution < 1.29 is 9.47 Å². The zero-order valence-corrected chi connectivity index (χ0v) is 17.4. The van der Waals surface area contributed by atoms with Crippen molar-refractivity contribution in [3.05, 3.63) is 78.5 Å². The smallest absolute Gasteiger partial charge is 0.223 e. The highest BCUT2D eigenvalue weighted by Gasteiger charge is 2.11. The van der Waals surface area contributed by atoms with Gasteiger partial charge in [-0.2, -0.15) is 0 Å². The Balaban J connectivity index is 1.64. The second-order valence-electron chi connectivity index (χ2n) is 7.41. The van der Waals surface area contributed by atoms with Crippen LogP contribution in [0.15, 0.2) is 72.9 Å². The number of nitrogens with zero attached hydrogens (tertiary/aromatic N) is 2. The summed E-state index contributed by atoms with van der Waals surface area (Å²) in [6.07, 6.45) is 1.84. The molecule has 0 saturated carbocycles. The molecule has 1 N–H and O–H groups in total. The van der Waals surface area contributed by atoms with Gasteiger partial charge in [0, 0.05) is 29.3 Å². The fourth-order valence-corrected chi connectivity index (χ4v) is 3.28. The molecule has 3 aromatic carbocycles.